The van der Waals surface area contributed by atoms with E-state index in [-0.39, 0.29) is 23.7 Å². The molecule has 8 heteroatoms. The highest BCUT2D eigenvalue weighted by Gasteiger charge is 2.37. The molecule has 1 aliphatic rings. The standard InChI is InChI=1S/C15H14F2O5S/c1-3-21-14(20)13(19)10-7-23-11-6-8(22-15(2,16)17)4-5-9(11)12(10)18/h4-6,10H,3,7H2,1-2H3. The number of thioether (sulfide) groups is 1. The summed E-state index contributed by atoms with van der Waals surface area (Å²) in [5.41, 5.74) is 0.204. The number of hydrogen-bond donors (Lipinski definition) is 0. The van der Waals surface area contributed by atoms with Crippen molar-refractivity contribution in [3.8, 4) is 5.75 Å². The average Bonchev–Trinajstić information content (AvgIpc) is 2.45. The van der Waals surface area contributed by atoms with Crippen molar-refractivity contribution in [1.29, 1.82) is 0 Å². The van der Waals surface area contributed by atoms with E-state index in [1.807, 2.05) is 0 Å². The minimum atomic E-state index is -3.33. The number of esters is 1. The molecule has 0 N–H and O–H groups in total. The first-order valence-electron chi connectivity index (χ1n) is 6.81. The zero-order chi connectivity index (χ0) is 17.2. The molecule has 1 atom stereocenters. The van der Waals surface area contributed by atoms with Crippen molar-refractivity contribution in [3.63, 3.8) is 0 Å². The molecule has 0 amide bonds. The number of Topliss-reactive ketones (excluding diaryl/α,β-unsaturated/α-hetero) is 2. The van der Waals surface area contributed by atoms with Crippen molar-refractivity contribution < 1.29 is 32.6 Å². The second-order valence-electron chi connectivity index (χ2n) is 4.88. The largest absolute Gasteiger partial charge is 0.460 e. The van der Waals surface area contributed by atoms with Gasteiger partial charge < -0.3 is 9.47 Å². The van der Waals surface area contributed by atoms with Crippen LogP contribution in [0.25, 0.3) is 0 Å². The predicted molar refractivity (Wildman–Crippen MR) is 77.9 cm³/mol. The highest BCUT2D eigenvalue weighted by Crippen LogP contribution is 2.36. The predicted octanol–water partition coefficient (Wildman–Crippen LogP) is 2.71. The Morgan fingerprint density at radius 1 is 1.39 bits per heavy atom. The van der Waals surface area contributed by atoms with E-state index >= 15 is 0 Å². The summed E-state index contributed by atoms with van der Waals surface area (Å²) < 4.78 is 34.8. The molecular weight excluding hydrogens is 330 g/mol. The average molecular weight is 344 g/mol. The zero-order valence-electron chi connectivity index (χ0n) is 12.4. The summed E-state index contributed by atoms with van der Waals surface area (Å²) in [5, 5.41) is 0. The van der Waals surface area contributed by atoms with Gasteiger partial charge in [0.15, 0.2) is 5.78 Å². The topological polar surface area (TPSA) is 69.7 Å². The Labute approximate surface area is 135 Å². The van der Waals surface area contributed by atoms with Gasteiger partial charge in [0, 0.05) is 23.1 Å². The molecule has 0 spiro atoms. The Kier molecular flexibility index (Phi) is 5.03. The molecule has 0 saturated carbocycles. The van der Waals surface area contributed by atoms with E-state index < -0.39 is 29.6 Å². The van der Waals surface area contributed by atoms with Crippen LogP contribution in [-0.2, 0) is 14.3 Å². The minimum Gasteiger partial charge on any atom is -0.460 e. The SMILES string of the molecule is CCOC(=O)C(=O)C1CSc2cc(OC(C)(F)F)ccc2C1=O. The third kappa shape index (κ3) is 4.07. The summed E-state index contributed by atoms with van der Waals surface area (Å²) in [6, 6.07) is 3.86. The maximum absolute atomic E-state index is 12.9. The van der Waals surface area contributed by atoms with Crippen LogP contribution in [0.1, 0.15) is 24.2 Å². The van der Waals surface area contributed by atoms with Gasteiger partial charge in [-0.15, -0.1) is 11.8 Å². The summed E-state index contributed by atoms with van der Waals surface area (Å²) >= 11 is 1.13. The van der Waals surface area contributed by atoms with Crippen molar-refractivity contribution in [1.82, 2.24) is 0 Å². The number of fused-ring (bicyclic) bond motifs is 1. The van der Waals surface area contributed by atoms with Gasteiger partial charge in [0.05, 0.1) is 6.61 Å². The number of rotatable bonds is 5. The second kappa shape index (κ2) is 6.66. The van der Waals surface area contributed by atoms with Gasteiger partial charge in [-0.05, 0) is 25.1 Å². The fourth-order valence-corrected chi connectivity index (χ4v) is 3.24. The van der Waals surface area contributed by atoms with Crippen LogP contribution in [0.4, 0.5) is 8.78 Å². The monoisotopic (exact) mass is 344 g/mol. The van der Waals surface area contributed by atoms with E-state index in [0.29, 0.717) is 11.8 Å². The number of alkyl halides is 2. The van der Waals surface area contributed by atoms with Gasteiger partial charge >= 0.3 is 12.1 Å². The lowest BCUT2D eigenvalue weighted by Crippen LogP contribution is -2.35. The number of hydrogen-bond acceptors (Lipinski definition) is 6. The van der Waals surface area contributed by atoms with E-state index in [1.165, 1.54) is 18.2 Å². The number of halogens is 2. The van der Waals surface area contributed by atoms with Gasteiger partial charge in [-0.2, -0.15) is 8.78 Å². The molecule has 0 fully saturated rings. The van der Waals surface area contributed by atoms with Crippen LogP contribution >= 0.6 is 11.8 Å². The lowest BCUT2D eigenvalue weighted by atomic mass is 9.94. The van der Waals surface area contributed by atoms with Crippen molar-refractivity contribution in [2.24, 2.45) is 5.92 Å². The van der Waals surface area contributed by atoms with Crippen molar-refractivity contribution in [2.75, 3.05) is 12.4 Å². The van der Waals surface area contributed by atoms with Crippen molar-refractivity contribution in [2.45, 2.75) is 24.9 Å². The molecule has 23 heavy (non-hydrogen) atoms. The molecule has 1 heterocycles. The Balaban J connectivity index is 2.21. The fraction of sp³-hybridized carbons (Fsp3) is 0.400. The molecule has 1 aromatic rings. The van der Waals surface area contributed by atoms with E-state index in [1.54, 1.807) is 6.92 Å². The summed E-state index contributed by atoms with van der Waals surface area (Å²) in [4.78, 5) is 36.2. The quantitative estimate of drug-likeness (QED) is 0.465. The molecule has 5 nitrogen and oxygen atoms in total. The van der Waals surface area contributed by atoms with Gasteiger partial charge in [0.25, 0.3) is 5.78 Å². The fourth-order valence-electron chi connectivity index (χ4n) is 2.07. The summed E-state index contributed by atoms with van der Waals surface area (Å²) in [7, 11) is 0. The van der Waals surface area contributed by atoms with Crippen LogP contribution < -0.4 is 4.74 Å². The smallest absolute Gasteiger partial charge is 0.394 e. The Morgan fingerprint density at radius 3 is 2.70 bits per heavy atom. The Bertz CT molecular complexity index is 654. The number of carbonyl (C=O) groups is 3. The maximum atomic E-state index is 12.9. The van der Waals surface area contributed by atoms with E-state index in [0.717, 1.165) is 11.8 Å². The molecule has 1 aliphatic heterocycles. The van der Waals surface area contributed by atoms with E-state index in [4.69, 9.17) is 0 Å². The van der Waals surface area contributed by atoms with Gasteiger partial charge in [0.1, 0.15) is 11.7 Å². The van der Waals surface area contributed by atoms with Crippen LogP contribution in [-0.4, -0.2) is 36.0 Å². The number of benzene rings is 1. The molecule has 0 radical (unpaired) electrons. The van der Waals surface area contributed by atoms with Gasteiger partial charge in [0.2, 0.25) is 0 Å². The third-order valence-corrected chi connectivity index (χ3v) is 4.18. The first-order valence-corrected chi connectivity index (χ1v) is 7.80. The van der Waals surface area contributed by atoms with E-state index in [2.05, 4.69) is 9.47 Å². The molecule has 0 saturated heterocycles. The molecule has 1 unspecified atom stereocenters. The Morgan fingerprint density at radius 2 is 2.09 bits per heavy atom. The number of ketones is 2. The molecule has 2 rings (SSSR count). The molecule has 124 valence electrons. The van der Waals surface area contributed by atoms with Gasteiger partial charge in [-0.1, -0.05) is 0 Å². The highest BCUT2D eigenvalue weighted by atomic mass is 32.2. The maximum Gasteiger partial charge on any atom is 0.394 e. The molecule has 0 aliphatic carbocycles. The molecular formula is C15H14F2O5S. The zero-order valence-corrected chi connectivity index (χ0v) is 13.2. The molecule has 0 aromatic heterocycles. The summed E-state index contributed by atoms with van der Waals surface area (Å²) in [6.07, 6.45) is -3.33. The lowest BCUT2D eigenvalue weighted by Gasteiger charge is -2.22. The van der Waals surface area contributed by atoms with E-state index in [9.17, 15) is 23.2 Å². The van der Waals surface area contributed by atoms with Crippen LogP contribution in [0.3, 0.4) is 0 Å². The van der Waals surface area contributed by atoms with Crippen LogP contribution in [0.2, 0.25) is 0 Å². The summed E-state index contributed by atoms with van der Waals surface area (Å²) in [5.74, 6) is -3.60. The van der Waals surface area contributed by atoms with Crippen molar-refractivity contribution >= 4 is 29.3 Å². The van der Waals surface area contributed by atoms with Crippen molar-refractivity contribution in [3.05, 3.63) is 23.8 Å². The molecule has 0 bridgehead atoms. The summed E-state index contributed by atoms with van der Waals surface area (Å²) in [6.45, 7) is 2.21. The first-order chi connectivity index (χ1) is 10.7. The lowest BCUT2D eigenvalue weighted by molar-refractivity contribution is -0.159. The molecule has 1 aromatic carbocycles. The number of ether oxygens (including phenoxy) is 2. The van der Waals surface area contributed by atoms with Gasteiger partial charge in [-0.25, -0.2) is 4.79 Å². The number of carbonyl (C=O) groups excluding carboxylic acids is 3. The van der Waals surface area contributed by atoms with Crippen LogP contribution in [0, 0.1) is 5.92 Å². The third-order valence-electron chi connectivity index (χ3n) is 3.03. The Hall–Kier alpha value is -1.96. The second-order valence-corrected chi connectivity index (χ2v) is 5.94. The minimum absolute atomic E-state index is 0.0428. The van der Waals surface area contributed by atoms with Crippen LogP contribution in [0.5, 0.6) is 5.75 Å². The highest BCUT2D eigenvalue weighted by molar-refractivity contribution is 7.99. The van der Waals surface area contributed by atoms with Gasteiger partial charge in [-0.3, -0.25) is 9.59 Å². The normalized spacial score (nSPS) is 17.4. The first kappa shape index (κ1) is 17.4. The van der Waals surface area contributed by atoms with Crippen LogP contribution in [0.15, 0.2) is 23.1 Å².